The summed E-state index contributed by atoms with van der Waals surface area (Å²) in [6.45, 7) is 7.48. The Balaban J connectivity index is 3.44. The molecule has 0 aliphatic rings. The van der Waals surface area contributed by atoms with Crippen molar-refractivity contribution in [3.63, 3.8) is 0 Å². The lowest BCUT2D eigenvalue weighted by Gasteiger charge is -2.20. The smallest absolute Gasteiger partial charge is 0.305 e. The molecule has 0 saturated carbocycles. The topological polar surface area (TPSA) is 49.8 Å². The van der Waals surface area contributed by atoms with Crippen LogP contribution in [0.1, 0.15) is 46.0 Å². The van der Waals surface area contributed by atoms with Crippen LogP contribution in [0.5, 0.6) is 0 Å². The Morgan fingerprint density at radius 1 is 1.12 bits per heavy atom. The van der Waals surface area contributed by atoms with Crippen LogP contribution in [-0.2, 0) is 9.53 Å². The first-order valence-electron chi connectivity index (χ1n) is 6.73. The normalized spacial score (nSPS) is 10.8. The Morgan fingerprint density at radius 3 is 2.47 bits per heavy atom. The fourth-order valence-electron chi connectivity index (χ4n) is 1.81. The van der Waals surface area contributed by atoms with Crippen molar-refractivity contribution in [2.75, 3.05) is 32.8 Å². The van der Waals surface area contributed by atoms with Crippen LogP contribution in [0.3, 0.4) is 0 Å². The number of aliphatic hydroxyl groups excluding tert-OH is 1. The van der Waals surface area contributed by atoms with E-state index in [2.05, 4.69) is 11.8 Å². The summed E-state index contributed by atoms with van der Waals surface area (Å²) in [5.74, 6) is -0.0896. The molecule has 0 amide bonds. The van der Waals surface area contributed by atoms with E-state index >= 15 is 0 Å². The van der Waals surface area contributed by atoms with Gasteiger partial charge in [-0.15, -0.1) is 0 Å². The second-order valence-electron chi connectivity index (χ2n) is 4.18. The lowest BCUT2D eigenvalue weighted by Crippen LogP contribution is -2.28. The van der Waals surface area contributed by atoms with Gasteiger partial charge in [-0.05, 0) is 39.3 Å². The number of esters is 1. The van der Waals surface area contributed by atoms with E-state index in [9.17, 15) is 4.79 Å². The molecule has 0 aliphatic heterocycles. The molecule has 1 N–H and O–H groups in total. The summed E-state index contributed by atoms with van der Waals surface area (Å²) in [6, 6.07) is 0. The van der Waals surface area contributed by atoms with Crippen LogP contribution in [0.4, 0.5) is 0 Å². The summed E-state index contributed by atoms with van der Waals surface area (Å²) in [5.41, 5.74) is 0. The van der Waals surface area contributed by atoms with Gasteiger partial charge < -0.3 is 14.7 Å². The number of ether oxygens (including phenoxy) is 1. The molecule has 0 unspecified atom stereocenters. The molecule has 0 saturated heterocycles. The lowest BCUT2D eigenvalue weighted by molar-refractivity contribution is -0.143. The minimum absolute atomic E-state index is 0.0896. The van der Waals surface area contributed by atoms with Gasteiger partial charge in [0.2, 0.25) is 0 Å². The number of nitrogens with zero attached hydrogens (tertiary/aromatic N) is 1. The number of aliphatic hydroxyl groups is 1. The standard InChI is InChI=1S/C13H27NO3/c1-3-9-14(11-12-15)10-7-5-6-8-13(16)17-4-2/h15H,3-12H2,1-2H3. The maximum atomic E-state index is 11.1. The quantitative estimate of drug-likeness (QED) is 0.445. The molecule has 0 atom stereocenters. The largest absolute Gasteiger partial charge is 0.466 e. The Kier molecular flexibility index (Phi) is 11.4. The van der Waals surface area contributed by atoms with Gasteiger partial charge in [0.15, 0.2) is 0 Å². The summed E-state index contributed by atoms with van der Waals surface area (Å²) in [6.07, 6.45) is 4.67. The average molecular weight is 245 g/mol. The molecule has 0 aromatic rings. The first-order chi connectivity index (χ1) is 8.24. The number of carbonyl (C=O) groups is 1. The van der Waals surface area contributed by atoms with Crippen LogP contribution in [0, 0.1) is 0 Å². The highest BCUT2D eigenvalue weighted by Crippen LogP contribution is 2.03. The Labute approximate surface area is 105 Å². The molecule has 4 nitrogen and oxygen atoms in total. The minimum Gasteiger partial charge on any atom is -0.466 e. The molecule has 0 spiro atoms. The second-order valence-corrected chi connectivity index (χ2v) is 4.18. The van der Waals surface area contributed by atoms with Crippen molar-refractivity contribution >= 4 is 5.97 Å². The lowest BCUT2D eigenvalue weighted by atomic mass is 10.2. The van der Waals surface area contributed by atoms with Crippen LogP contribution in [0.2, 0.25) is 0 Å². The first-order valence-corrected chi connectivity index (χ1v) is 6.73. The summed E-state index contributed by atoms with van der Waals surface area (Å²) < 4.78 is 4.86. The van der Waals surface area contributed by atoms with Gasteiger partial charge in [-0.1, -0.05) is 13.3 Å². The number of hydrogen-bond donors (Lipinski definition) is 1. The third-order valence-corrected chi connectivity index (χ3v) is 2.62. The predicted octanol–water partition coefficient (Wildman–Crippen LogP) is 1.81. The van der Waals surface area contributed by atoms with E-state index < -0.39 is 0 Å². The van der Waals surface area contributed by atoms with E-state index in [1.807, 2.05) is 6.92 Å². The van der Waals surface area contributed by atoms with Crippen molar-refractivity contribution < 1.29 is 14.6 Å². The zero-order valence-corrected chi connectivity index (χ0v) is 11.3. The third kappa shape index (κ3) is 10.3. The van der Waals surface area contributed by atoms with Crippen LogP contribution in [0.25, 0.3) is 0 Å². The molecule has 0 heterocycles. The van der Waals surface area contributed by atoms with Gasteiger partial charge in [-0.25, -0.2) is 0 Å². The van der Waals surface area contributed by atoms with Crippen LogP contribution < -0.4 is 0 Å². The van der Waals surface area contributed by atoms with Crippen molar-refractivity contribution in [3.05, 3.63) is 0 Å². The minimum atomic E-state index is -0.0896. The van der Waals surface area contributed by atoms with Gasteiger partial charge in [-0.3, -0.25) is 4.79 Å². The summed E-state index contributed by atoms with van der Waals surface area (Å²) in [4.78, 5) is 13.3. The molecule has 0 aromatic heterocycles. The molecule has 0 fully saturated rings. The van der Waals surface area contributed by atoms with Gasteiger partial charge >= 0.3 is 5.97 Å². The highest BCUT2D eigenvalue weighted by Gasteiger charge is 2.04. The molecule has 0 aromatic carbocycles. The van der Waals surface area contributed by atoms with Crippen LogP contribution >= 0.6 is 0 Å². The Hall–Kier alpha value is -0.610. The molecular formula is C13H27NO3. The zero-order chi connectivity index (χ0) is 12.9. The fraction of sp³-hybridized carbons (Fsp3) is 0.923. The molecule has 17 heavy (non-hydrogen) atoms. The van der Waals surface area contributed by atoms with E-state index in [1.54, 1.807) is 0 Å². The summed E-state index contributed by atoms with van der Waals surface area (Å²) in [5, 5.41) is 8.89. The van der Waals surface area contributed by atoms with Crippen molar-refractivity contribution in [1.82, 2.24) is 4.90 Å². The average Bonchev–Trinajstić information content (AvgIpc) is 2.29. The molecule has 4 heteroatoms. The van der Waals surface area contributed by atoms with Gasteiger partial charge in [-0.2, -0.15) is 0 Å². The van der Waals surface area contributed by atoms with E-state index in [4.69, 9.17) is 9.84 Å². The monoisotopic (exact) mass is 245 g/mol. The first kappa shape index (κ1) is 16.4. The highest BCUT2D eigenvalue weighted by molar-refractivity contribution is 5.69. The Morgan fingerprint density at radius 2 is 1.88 bits per heavy atom. The van der Waals surface area contributed by atoms with Crippen molar-refractivity contribution in [2.45, 2.75) is 46.0 Å². The van der Waals surface area contributed by atoms with Crippen molar-refractivity contribution in [1.29, 1.82) is 0 Å². The maximum Gasteiger partial charge on any atom is 0.305 e. The number of hydrogen-bond acceptors (Lipinski definition) is 4. The predicted molar refractivity (Wildman–Crippen MR) is 68.9 cm³/mol. The fourth-order valence-corrected chi connectivity index (χ4v) is 1.81. The molecule has 0 radical (unpaired) electrons. The number of carbonyl (C=O) groups excluding carboxylic acids is 1. The molecule has 102 valence electrons. The SMILES string of the molecule is CCCN(CCO)CCCCCC(=O)OCC. The van der Waals surface area contributed by atoms with Gasteiger partial charge in [0.1, 0.15) is 0 Å². The van der Waals surface area contributed by atoms with Crippen molar-refractivity contribution in [3.8, 4) is 0 Å². The summed E-state index contributed by atoms with van der Waals surface area (Å²) in [7, 11) is 0. The summed E-state index contributed by atoms with van der Waals surface area (Å²) >= 11 is 0. The van der Waals surface area contributed by atoms with Gasteiger partial charge in [0.25, 0.3) is 0 Å². The highest BCUT2D eigenvalue weighted by atomic mass is 16.5. The van der Waals surface area contributed by atoms with E-state index in [-0.39, 0.29) is 12.6 Å². The molecule has 0 rings (SSSR count). The van der Waals surface area contributed by atoms with E-state index in [0.29, 0.717) is 13.0 Å². The molecular weight excluding hydrogens is 218 g/mol. The van der Waals surface area contributed by atoms with E-state index in [0.717, 1.165) is 45.3 Å². The zero-order valence-electron chi connectivity index (χ0n) is 11.3. The van der Waals surface area contributed by atoms with Crippen LogP contribution in [-0.4, -0.2) is 48.8 Å². The third-order valence-electron chi connectivity index (χ3n) is 2.62. The second kappa shape index (κ2) is 11.9. The van der Waals surface area contributed by atoms with Gasteiger partial charge in [0, 0.05) is 13.0 Å². The van der Waals surface area contributed by atoms with E-state index in [1.165, 1.54) is 0 Å². The number of rotatable bonds is 11. The molecule has 0 aliphatic carbocycles. The maximum absolute atomic E-state index is 11.1. The van der Waals surface area contributed by atoms with Crippen molar-refractivity contribution in [2.24, 2.45) is 0 Å². The van der Waals surface area contributed by atoms with Gasteiger partial charge in [0.05, 0.1) is 13.2 Å². The Bertz CT molecular complexity index is 180. The van der Waals surface area contributed by atoms with Crippen LogP contribution in [0.15, 0.2) is 0 Å². The number of unbranched alkanes of at least 4 members (excludes halogenated alkanes) is 2. The molecule has 0 bridgehead atoms.